The molecule has 1 aliphatic rings. The van der Waals surface area contributed by atoms with Crippen LogP contribution in [0.2, 0.25) is 0 Å². The number of hydrogen-bond acceptors (Lipinski definition) is 3. The molecule has 0 aromatic heterocycles. The molecule has 5 heteroatoms. The summed E-state index contributed by atoms with van der Waals surface area (Å²) in [7, 11) is 0. The Morgan fingerprint density at radius 3 is 2.94 bits per heavy atom. The van der Waals surface area contributed by atoms with Crippen molar-refractivity contribution in [1.82, 2.24) is 0 Å². The van der Waals surface area contributed by atoms with Gasteiger partial charge in [0.15, 0.2) is 5.17 Å². The first kappa shape index (κ1) is 12.9. The molecule has 2 nitrogen and oxygen atoms in total. The van der Waals surface area contributed by atoms with Gasteiger partial charge in [-0.1, -0.05) is 11.8 Å². The highest BCUT2D eigenvalue weighted by Gasteiger charge is 2.22. The first-order valence-corrected chi connectivity index (χ1v) is 7.19. The fourth-order valence-corrected chi connectivity index (χ4v) is 3.17. The molecule has 17 heavy (non-hydrogen) atoms. The molecule has 1 N–H and O–H groups in total. The summed E-state index contributed by atoms with van der Waals surface area (Å²) in [5.41, 5.74) is 0.682. The lowest BCUT2D eigenvalue weighted by Crippen LogP contribution is -2.27. The van der Waals surface area contributed by atoms with Gasteiger partial charge in [-0.05, 0) is 54.4 Å². The molecule has 2 rings (SSSR count). The Balaban J connectivity index is 2.21. The number of rotatable bonds is 1. The van der Waals surface area contributed by atoms with Crippen LogP contribution in [0.4, 0.5) is 10.1 Å². The van der Waals surface area contributed by atoms with Crippen molar-refractivity contribution in [1.29, 1.82) is 0 Å². The van der Waals surface area contributed by atoms with Crippen molar-refractivity contribution < 1.29 is 4.39 Å². The average molecular weight is 317 g/mol. The van der Waals surface area contributed by atoms with Crippen molar-refractivity contribution in [2.24, 2.45) is 4.99 Å². The fraction of sp³-hybridized carbons (Fsp3) is 0.417. The van der Waals surface area contributed by atoms with Crippen molar-refractivity contribution in [2.75, 3.05) is 11.1 Å². The maximum Gasteiger partial charge on any atom is 0.161 e. The Labute approximate surface area is 113 Å². The number of nitrogens with zero attached hydrogens (tertiary/aromatic N) is 1. The van der Waals surface area contributed by atoms with Crippen LogP contribution >= 0.6 is 27.7 Å². The molecule has 0 amide bonds. The number of halogens is 2. The molecule has 0 saturated heterocycles. The lowest BCUT2D eigenvalue weighted by atomic mass is 10.0. The van der Waals surface area contributed by atoms with Crippen LogP contribution in [0, 0.1) is 5.82 Å². The number of thioether (sulfide) groups is 1. The molecule has 0 fully saturated rings. The first-order chi connectivity index (χ1) is 7.96. The first-order valence-electron chi connectivity index (χ1n) is 5.41. The topological polar surface area (TPSA) is 24.4 Å². The van der Waals surface area contributed by atoms with Crippen LogP contribution in [0.25, 0.3) is 0 Å². The number of benzene rings is 1. The predicted octanol–water partition coefficient (Wildman–Crippen LogP) is 4.27. The SMILES string of the molecule is CC1(C)CCSC(Nc2cc(F)ccc2Br)=N1. The van der Waals surface area contributed by atoms with Crippen LogP contribution in [0.5, 0.6) is 0 Å². The second kappa shape index (κ2) is 4.98. The summed E-state index contributed by atoms with van der Waals surface area (Å²) < 4.78 is 14.0. The summed E-state index contributed by atoms with van der Waals surface area (Å²) in [5, 5.41) is 4.03. The monoisotopic (exact) mass is 316 g/mol. The van der Waals surface area contributed by atoms with Crippen LogP contribution in [0.15, 0.2) is 27.7 Å². The highest BCUT2D eigenvalue weighted by molar-refractivity contribution is 9.10. The van der Waals surface area contributed by atoms with E-state index in [1.807, 2.05) is 0 Å². The van der Waals surface area contributed by atoms with Crippen LogP contribution < -0.4 is 5.32 Å². The largest absolute Gasteiger partial charge is 0.334 e. The van der Waals surface area contributed by atoms with Gasteiger partial charge in [-0.2, -0.15) is 0 Å². The normalized spacial score (nSPS) is 18.7. The number of anilines is 1. The van der Waals surface area contributed by atoms with Crippen molar-refractivity contribution in [3.05, 3.63) is 28.5 Å². The van der Waals surface area contributed by atoms with Gasteiger partial charge in [0.05, 0.1) is 11.2 Å². The van der Waals surface area contributed by atoms with Gasteiger partial charge in [-0.15, -0.1) is 0 Å². The highest BCUT2D eigenvalue weighted by Crippen LogP contribution is 2.29. The second-order valence-corrected chi connectivity index (χ2v) is 6.51. The molecule has 0 aliphatic carbocycles. The van der Waals surface area contributed by atoms with E-state index in [9.17, 15) is 4.39 Å². The molecule has 0 unspecified atom stereocenters. The zero-order valence-electron chi connectivity index (χ0n) is 9.76. The highest BCUT2D eigenvalue weighted by atomic mass is 79.9. The number of hydrogen-bond donors (Lipinski definition) is 1. The van der Waals surface area contributed by atoms with E-state index in [4.69, 9.17) is 0 Å². The van der Waals surface area contributed by atoms with E-state index in [1.165, 1.54) is 12.1 Å². The Kier molecular flexibility index (Phi) is 3.78. The van der Waals surface area contributed by atoms with E-state index < -0.39 is 0 Å². The lowest BCUT2D eigenvalue weighted by molar-refractivity contribution is 0.507. The maximum absolute atomic E-state index is 13.1. The second-order valence-electron chi connectivity index (χ2n) is 4.58. The van der Waals surface area contributed by atoms with Crippen molar-refractivity contribution in [2.45, 2.75) is 25.8 Å². The van der Waals surface area contributed by atoms with Crippen LogP contribution in [-0.2, 0) is 0 Å². The summed E-state index contributed by atoms with van der Waals surface area (Å²) in [6, 6.07) is 4.58. The Morgan fingerprint density at radius 2 is 2.24 bits per heavy atom. The van der Waals surface area contributed by atoms with Gasteiger partial charge in [-0.3, -0.25) is 4.99 Å². The van der Waals surface area contributed by atoms with Gasteiger partial charge >= 0.3 is 0 Å². The van der Waals surface area contributed by atoms with E-state index >= 15 is 0 Å². The standard InChI is InChI=1S/C12H14BrFN2S/c1-12(2)5-6-17-11(16-12)15-10-7-8(14)3-4-9(10)13/h3-4,7H,5-6H2,1-2H3,(H,15,16). The molecular weight excluding hydrogens is 303 g/mol. The van der Waals surface area contributed by atoms with Crippen LogP contribution in [-0.4, -0.2) is 16.5 Å². The molecule has 0 saturated carbocycles. The number of nitrogens with one attached hydrogen (secondary N) is 1. The Bertz CT molecular complexity index is 460. The molecule has 1 heterocycles. The lowest BCUT2D eigenvalue weighted by Gasteiger charge is -2.26. The van der Waals surface area contributed by atoms with E-state index in [-0.39, 0.29) is 11.4 Å². The van der Waals surface area contributed by atoms with Crippen molar-refractivity contribution in [3.8, 4) is 0 Å². The zero-order chi connectivity index (χ0) is 12.5. The van der Waals surface area contributed by atoms with Crippen LogP contribution in [0.3, 0.4) is 0 Å². The minimum Gasteiger partial charge on any atom is -0.334 e. The van der Waals surface area contributed by atoms with Gasteiger partial charge < -0.3 is 5.32 Å². The van der Waals surface area contributed by atoms with Gasteiger partial charge in [0.2, 0.25) is 0 Å². The van der Waals surface area contributed by atoms with Gasteiger partial charge in [0, 0.05) is 10.2 Å². The zero-order valence-corrected chi connectivity index (χ0v) is 12.2. The van der Waals surface area contributed by atoms with Crippen molar-refractivity contribution in [3.63, 3.8) is 0 Å². The number of aliphatic imine (C=N–C) groups is 1. The Morgan fingerprint density at radius 1 is 1.47 bits per heavy atom. The molecule has 0 radical (unpaired) electrons. The summed E-state index contributed by atoms with van der Waals surface area (Å²) in [6.45, 7) is 4.21. The summed E-state index contributed by atoms with van der Waals surface area (Å²) >= 11 is 5.06. The number of amidine groups is 1. The quantitative estimate of drug-likeness (QED) is 0.836. The third-order valence-electron chi connectivity index (χ3n) is 2.53. The molecule has 0 atom stereocenters. The van der Waals surface area contributed by atoms with E-state index in [2.05, 4.69) is 40.1 Å². The summed E-state index contributed by atoms with van der Waals surface area (Å²) in [5.74, 6) is 0.780. The third-order valence-corrected chi connectivity index (χ3v) is 4.09. The van der Waals surface area contributed by atoms with Gasteiger partial charge in [-0.25, -0.2) is 4.39 Å². The molecule has 0 spiro atoms. The molecule has 1 aromatic carbocycles. The fourth-order valence-electron chi connectivity index (χ4n) is 1.53. The summed E-state index contributed by atoms with van der Waals surface area (Å²) in [6.07, 6.45) is 1.06. The maximum atomic E-state index is 13.1. The predicted molar refractivity (Wildman–Crippen MR) is 76.3 cm³/mol. The Hall–Kier alpha value is -0.550. The summed E-state index contributed by atoms with van der Waals surface area (Å²) in [4.78, 5) is 4.61. The third kappa shape index (κ3) is 3.45. The van der Waals surface area contributed by atoms with E-state index in [1.54, 1.807) is 17.8 Å². The van der Waals surface area contributed by atoms with Crippen LogP contribution in [0.1, 0.15) is 20.3 Å². The molecule has 0 bridgehead atoms. The molecule has 1 aromatic rings. The molecule has 1 aliphatic heterocycles. The van der Waals surface area contributed by atoms with Crippen molar-refractivity contribution >= 4 is 38.5 Å². The van der Waals surface area contributed by atoms with Gasteiger partial charge in [0.25, 0.3) is 0 Å². The molecular formula is C12H14BrFN2S. The van der Waals surface area contributed by atoms with E-state index in [0.29, 0.717) is 5.69 Å². The smallest absolute Gasteiger partial charge is 0.161 e. The minimum atomic E-state index is -0.253. The average Bonchev–Trinajstić information content (AvgIpc) is 2.22. The van der Waals surface area contributed by atoms with Gasteiger partial charge in [0.1, 0.15) is 5.82 Å². The molecule has 92 valence electrons. The van der Waals surface area contributed by atoms with E-state index in [0.717, 1.165) is 21.8 Å². The minimum absolute atomic E-state index is 0.0343.